The summed E-state index contributed by atoms with van der Waals surface area (Å²) in [5.74, 6) is -1.61. The summed E-state index contributed by atoms with van der Waals surface area (Å²) < 4.78 is 22.9. The van der Waals surface area contributed by atoms with Crippen LogP contribution in [0.25, 0.3) is 10.9 Å². The maximum Gasteiger partial charge on any atom is 0.341 e. The lowest BCUT2D eigenvalue weighted by Crippen LogP contribution is -2.47. The highest BCUT2D eigenvalue weighted by Gasteiger charge is 2.31. The quantitative estimate of drug-likeness (QED) is 0.691. The zero-order valence-corrected chi connectivity index (χ0v) is 16.9. The number of carboxylic acid groups (broad SMARTS) is 1. The molecule has 1 fully saturated rings. The van der Waals surface area contributed by atoms with Crippen molar-refractivity contribution in [3.05, 3.63) is 58.4 Å². The van der Waals surface area contributed by atoms with Crippen LogP contribution >= 0.6 is 0 Å². The smallest absolute Gasteiger partial charge is 0.341 e. The molecule has 0 spiro atoms. The van der Waals surface area contributed by atoms with Crippen LogP contribution in [0, 0.1) is 5.82 Å². The Morgan fingerprint density at radius 3 is 2.68 bits per heavy atom. The lowest BCUT2D eigenvalue weighted by Gasteiger charge is -2.39. The molecule has 0 unspecified atom stereocenters. The van der Waals surface area contributed by atoms with E-state index in [9.17, 15) is 14.7 Å². The van der Waals surface area contributed by atoms with Crippen molar-refractivity contribution in [3.8, 4) is 5.75 Å². The van der Waals surface area contributed by atoms with Crippen molar-refractivity contribution in [2.75, 3.05) is 42.6 Å². The average molecular weight is 424 g/mol. The summed E-state index contributed by atoms with van der Waals surface area (Å²) in [6, 6.07) is 4.84. The van der Waals surface area contributed by atoms with E-state index in [4.69, 9.17) is 4.74 Å². The SMILES string of the molecule is C[C@H]1COc2c(N3CCN(c4cccnc4)CC3)c(F)cc3c(=O)c(C(=O)O)cn1c23. The normalized spacial score (nSPS) is 18.2. The molecule has 1 aromatic carbocycles. The van der Waals surface area contributed by atoms with Crippen LogP contribution in [-0.4, -0.2) is 53.4 Å². The molecule has 1 atom stereocenters. The number of pyridine rings is 2. The van der Waals surface area contributed by atoms with Crippen LogP contribution in [0.2, 0.25) is 0 Å². The zero-order valence-electron chi connectivity index (χ0n) is 16.9. The molecule has 31 heavy (non-hydrogen) atoms. The summed E-state index contributed by atoms with van der Waals surface area (Å²) in [7, 11) is 0. The second kappa shape index (κ2) is 7.26. The van der Waals surface area contributed by atoms with Gasteiger partial charge in [-0.3, -0.25) is 9.78 Å². The number of ether oxygens (including phenoxy) is 1. The molecule has 1 saturated heterocycles. The van der Waals surface area contributed by atoms with Crippen molar-refractivity contribution in [1.82, 2.24) is 9.55 Å². The second-order valence-electron chi connectivity index (χ2n) is 7.86. The number of aromatic nitrogens is 2. The molecular weight excluding hydrogens is 403 g/mol. The van der Waals surface area contributed by atoms with Gasteiger partial charge in [-0.15, -0.1) is 0 Å². The number of rotatable bonds is 3. The van der Waals surface area contributed by atoms with Gasteiger partial charge in [0.1, 0.15) is 17.9 Å². The molecule has 2 aromatic heterocycles. The molecule has 0 radical (unpaired) electrons. The number of nitrogens with zero attached hydrogens (tertiary/aromatic N) is 4. The Morgan fingerprint density at radius 2 is 2.00 bits per heavy atom. The maximum absolute atomic E-state index is 15.3. The number of halogens is 1. The monoisotopic (exact) mass is 424 g/mol. The van der Waals surface area contributed by atoms with Gasteiger partial charge in [0.15, 0.2) is 11.6 Å². The maximum atomic E-state index is 15.3. The predicted molar refractivity (Wildman–Crippen MR) is 114 cm³/mol. The van der Waals surface area contributed by atoms with Gasteiger partial charge < -0.3 is 24.2 Å². The van der Waals surface area contributed by atoms with E-state index in [0.717, 1.165) is 11.8 Å². The van der Waals surface area contributed by atoms with Crippen molar-refractivity contribution >= 4 is 28.2 Å². The number of hydrogen-bond donors (Lipinski definition) is 1. The number of benzene rings is 1. The van der Waals surface area contributed by atoms with E-state index in [2.05, 4.69) is 9.88 Å². The van der Waals surface area contributed by atoms with Crippen LogP contribution < -0.4 is 20.0 Å². The van der Waals surface area contributed by atoms with Crippen LogP contribution in [0.5, 0.6) is 5.75 Å². The molecule has 2 aliphatic rings. The van der Waals surface area contributed by atoms with E-state index in [0.29, 0.717) is 43.1 Å². The summed E-state index contributed by atoms with van der Waals surface area (Å²) in [5, 5.41) is 9.43. The lowest BCUT2D eigenvalue weighted by molar-refractivity contribution is 0.0694. The molecule has 0 aliphatic carbocycles. The van der Waals surface area contributed by atoms with Gasteiger partial charge in [0.05, 0.1) is 28.8 Å². The average Bonchev–Trinajstić information content (AvgIpc) is 2.78. The Hall–Kier alpha value is -3.62. The predicted octanol–water partition coefficient (Wildman–Crippen LogP) is 2.51. The van der Waals surface area contributed by atoms with Gasteiger partial charge in [-0.25, -0.2) is 9.18 Å². The third kappa shape index (κ3) is 3.08. The van der Waals surface area contributed by atoms with E-state index in [1.807, 2.05) is 24.0 Å². The summed E-state index contributed by atoms with van der Waals surface area (Å²) in [6.45, 7) is 4.64. The van der Waals surface area contributed by atoms with Gasteiger partial charge in [0.2, 0.25) is 5.43 Å². The standard InChI is InChI=1S/C22H21FN4O4/c1-13-12-31-21-18-15(20(28)16(22(29)30)11-27(13)18)9-17(23)19(21)26-7-5-25(6-8-26)14-3-2-4-24-10-14/h2-4,9-11,13H,5-8,12H2,1H3,(H,29,30)/t13-/m0/s1. The molecule has 4 heterocycles. The summed E-state index contributed by atoms with van der Waals surface area (Å²) in [4.78, 5) is 32.5. The van der Waals surface area contributed by atoms with Gasteiger partial charge in [-0.05, 0) is 25.1 Å². The molecule has 160 valence electrons. The van der Waals surface area contributed by atoms with Crippen LogP contribution in [0.3, 0.4) is 0 Å². The van der Waals surface area contributed by atoms with E-state index in [-0.39, 0.29) is 23.6 Å². The number of carbonyl (C=O) groups is 1. The van der Waals surface area contributed by atoms with Gasteiger partial charge >= 0.3 is 5.97 Å². The van der Waals surface area contributed by atoms with Crippen LogP contribution in [0.4, 0.5) is 15.8 Å². The molecule has 5 rings (SSSR count). The molecule has 1 N–H and O–H groups in total. The van der Waals surface area contributed by atoms with Crippen molar-refractivity contribution < 1.29 is 19.0 Å². The minimum atomic E-state index is -1.33. The van der Waals surface area contributed by atoms with Crippen molar-refractivity contribution in [1.29, 1.82) is 0 Å². The molecule has 9 heteroatoms. The van der Waals surface area contributed by atoms with E-state index < -0.39 is 17.2 Å². The summed E-state index contributed by atoms with van der Waals surface area (Å²) >= 11 is 0. The first-order valence-electron chi connectivity index (χ1n) is 10.1. The van der Waals surface area contributed by atoms with Crippen LogP contribution in [0.1, 0.15) is 23.3 Å². The number of hydrogen-bond acceptors (Lipinski definition) is 6. The Bertz CT molecular complexity index is 1240. The molecule has 2 aliphatic heterocycles. The molecule has 0 bridgehead atoms. The van der Waals surface area contributed by atoms with Gasteiger partial charge in [-0.2, -0.15) is 0 Å². The first-order chi connectivity index (χ1) is 15.0. The highest BCUT2D eigenvalue weighted by Crippen LogP contribution is 2.42. The Balaban J connectivity index is 1.58. The van der Waals surface area contributed by atoms with E-state index in [1.165, 1.54) is 6.20 Å². The summed E-state index contributed by atoms with van der Waals surface area (Å²) in [5.41, 5.74) is 0.706. The molecule has 0 saturated carbocycles. The molecule has 3 aromatic rings. The van der Waals surface area contributed by atoms with Crippen molar-refractivity contribution in [2.45, 2.75) is 13.0 Å². The summed E-state index contributed by atoms with van der Waals surface area (Å²) in [6.07, 6.45) is 4.87. The van der Waals surface area contributed by atoms with E-state index in [1.54, 1.807) is 17.0 Å². The van der Waals surface area contributed by atoms with Crippen LogP contribution in [-0.2, 0) is 0 Å². The topological polar surface area (TPSA) is 87.9 Å². The molecular formula is C22H21FN4O4. The van der Waals surface area contributed by atoms with E-state index >= 15 is 4.39 Å². The van der Waals surface area contributed by atoms with Crippen molar-refractivity contribution in [3.63, 3.8) is 0 Å². The minimum absolute atomic E-state index is 0.0247. The van der Waals surface area contributed by atoms with Gasteiger partial charge in [0.25, 0.3) is 0 Å². The fraction of sp³-hybridized carbons (Fsp3) is 0.318. The molecule has 8 nitrogen and oxygen atoms in total. The number of aromatic carboxylic acids is 1. The number of anilines is 2. The fourth-order valence-electron chi connectivity index (χ4n) is 4.39. The first kappa shape index (κ1) is 19.3. The Morgan fingerprint density at radius 1 is 1.26 bits per heavy atom. The van der Waals surface area contributed by atoms with Gasteiger partial charge in [0, 0.05) is 38.6 Å². The second-order valence-corrected chi connectivity index (χ2v) is 7.86. The zero-order chi connectivity index (χ0) is 21.7. The number of piperazine rings is 1. The third-order valence-electron chi connectivity index (χ3n) is 5.98. The third-order valence-corrected chi connectivity index (χ3v) is 5.98. The largest absolute Gasteiger partial charge is 0.487 e. The number of carboxylic acids is 1. The highest BCUT2D eigenvalue weighted by molar-refractivity contribution is 5.97. The van der Waals surface area contributed by atoms with Crippen LogP contribution in [0.15, 0.2) is 41.6 Å². The van der Waals surface area contributed by atoms with Gasteiger partial charge in [-0.1, -0.05) is 0 Å². The van der Waals surface area contributed by atoms with Crippen molar-refractivity contribution in [2.24, 2.45) is 0 Å². The Labute approximate surface area is 177 Å². The highest BCUT2D eigenvalue weighted by atomic mass is 19.1. The fourth-order valence-corrected chi connectivity index (χ4v) is 4.39. The first-order valence-corrected chi connectivity index (χ1v) is 10.1. The Kier molecular flexibility index (Phi) is 4.53. The minimum Gasteiger partial charge on any atom is -0.487 e. The molecule has 0 amide bonds. The lowest BCUT2D eigenvalue weighted by atomic mass is 10.1.